The summed E-state index contributed by atoms with van der Waals surface area (Å²) in [4.78, 5) is 7.92. The third-order valence-corrected chi connectivity index (χ3v) is 5.32. The molecule has 1 aliphatic rings. The van der Waals surface area contributed by atoms with Gasteiger partial charge >= 0.3 is 0 Å². The van der Waals surface area contributed by atoms with E-state index in [0.29, 0.717) is 0 Å². The molecule has 0 saturated carbocycles. The van der Waals surface area contributed by atoms with Gasteiger partial charge in [0, 0.05) is 24.6 Å². The van der Waals surface area contributed by atoms with Crippen LogP contribution in [0, 0.1) is 0 Å². The maximum Gasteiger partial charge on any atom is 0.299 e. The zero-order chi connectivity index (χ0) is 17.6. The number of nitrogens with one attached hydrogen (secondary N) is 1. The first kappa shape index (κ1) is 17.6. The first-order valence-corrected chi connectivity index (χ1v) is 9.04. The number of fused-ring (bicyclic) bond motifs is 1. The number of carbonyl (C=O) groups excluding carboxylic acids is 1. The fourth-order valence-electron chi connectivity index (χ4n) is 2.32. The lowest BCUT2D eigenvalue weighted by atomic mass is 9.92. The Bertz CT molecular complexity index is 917. The van der Waals surface area contributed by atoms with Gasteiger partial charge in [-0.15, -0.1) is 0 Å². The molecule has 0 aliphatic heterocycles. The summed E-state index contributed by atoms with van der Waals surface area (Å²) in [5.41, 5.74) is -0.826. The van der Waals surface area contributed by atoms with Gasteiger partial charge in [0.2, 0.25) is 10.8 Å². The lowest BCUT2D eigenvalue weighted by molar-refractivity contribution is -0.114. The molecule has 0 radical (unpaired) electrons. The number of carbonyl (C=O) groups is 1. The summed E-state index contributed by atoms with van der Waals surface area (Å²) in [5.74, 6) is -0.674. The Morgan fingerprint density at radius 3 is 2.30 bits per heavy atom. The standard InChI is InChI=1S/C12H13NO8S2/c1-7(14)13-10-6-9(22(16,17)18)5-8-3-2-4-12(15,11(8)10)23(19,20)21/h2-3,5-6,15H,4H2,1H3,(H,13,14)(H,16,17,18)(H,19,20,21). The molecular formula is C12H13NO8S2. The molecule has 4 N–H and O–H groups in total. The van der Waals surface area contributed by atoms with E-state index < -0.39 is 42.4 Å². The van der Waals surface area contributed by atoms with Gasteiger partial charge in [-0.25, -0.2) is 0 Å². The van der Waals surface area contributed by atoms with Crippen LogP contribution in [-0.4, -0.2) is 37.0 Å². The molecule has 0 bridgehead atoms. The highest BCUT2D eigenvalue weighted by atomic mass is 32.2. The molecule has 2 rings (SSSR count). The molecule has 1 unspecified atom stereocenters. The van der Waals surface area contributed by atoms with Crippen LogP contribution in [0.2, 0.25) is 0 Å². The van der Waals surface area contributed by atoms with Gasteiger partial charge in [0.1, 0.15) is 0 Å². The Hall–Kier alpha value is -1.79. The Morgan fingerprint density at radius 1 is 1.22 bits per heavy atom. The van der Waals surface area contributed by atoms with Crippen molar-refractivity contribution in [3.05, 3.63) is 29.3 Å². The first-order valence-electron chi connectivity index (χ1n) is 6.16. The number of benzene rings is 1. The normalized spacial score (nSPS) is 20.9. The molecule has 126 valence electrons. The first-order chi connectivity index (χ1) is 10.4. The van der Waals surface area contributed by atoms with Crippen molar-refractivity contribution in [2.24, 2.45) is 0 Å². The van der Waals surface area contributed by atoms with E-state index >= 15 is 0 Å². The fourth-order valence-corrected chi connectivity index (χ4v) is 3.66. The maximum absolute atomic E-state index is 11.6. The van der Waals surface area contributed by atoms with Gasteiger partial charge in [0.05, 0.1) is 4.90 Å². The lowest BCUT2D eigenvalue weighted by Crippen LogP contribution is -2.38. The second-order valence-corrected chi connectivity index (χ2v) is 8.00. The second-order valence-electron chi connectivity index (χ2n) is 4.96. The van der Waals surface area contributed by atoms with Gasteiger partial charge in [-0.2, -0.15) is 16.8 Å². The van der Waals surface area contributed by atoms with E-state index in [1.165, 1.54) is 12.2 Å². The summed E-state index contributed by atoms with van der Waals surface area (Å²) in [6.07, 6.45) is 2.01. The lowest BCUT2D eigenvalue weighted by Gasteiger charge is -2.31. The van der Waals surface area contributed by atoms with Crippen molar-refractivity contribution >= 4 is 37.9 Å². The van der Waals surface area contributed by atoms with Gasteiger partial charge < -0.3 is 10.4 Å². The second kappa shape index (κ2) is 5.39. The average Bonchev–Trinajstić information content (AvgIpc) is 2.35. The van der Waals surface area contributed by atoms with Crippen molar-refractivity contribution in [3.8, 4) is 0 Å². The van der Waals surface area contributed by atoms with Crippen molar-refractivity contribution in [3.63, 3.8) is 0 Å². The molecule has 0 heterocycles. The molecule has 0 aromatic heterocycles. The van der Waals surface area contributed by atoms with Crippen LogP contribution in [0.4, 0.5) is 5.69 Å². The van der Waals surface area contributed by atoms with Crippen LogP contribution in [-0.2, 0) is 30.0 Å². The van der Waals surface area contributed by atoms with Gasteiger partial charge in [0.15, 0.2) is 0 Å². The summed E-state index contributed by atoms with van der Waals surface area (Å²) < 4.78 is 64.3. The van der Waals surface area contributed by atoms with Crippen LogP contribution in [0.3, 0.4) is 0 Å². The largest absolute Gasteiger partial charge is 0.369 e. The number of amides is 1. The van der Waals surface area contributed by atoms with Crippen molar-refractivity contribution < 1.29 is 35.8 Å². The predicted molar refractivity (Wildman–Crippen MR) is 79.7 cm³/mol. The molecule has 1 aliphatic carbocycles. The van der Waals surface area contributed by atoms with Gasteiger partial charge in [-0.3, -0.25) is 13.9 Å². The van der Waals surface area contributed by atoms with Crippen LogP contribution in [0.5, 0.6) is 0 Å². The number of anilines is 1. The van der Waals surface area contributed by atoms with E-state index in [2.05, 4.69) is 5.32 Å². The van der Waals surface area contributed by atoms with Crippen molar-refractivity contribution in [2.45, 2.75) is 23.2 Å². The Kier molecular flexibility index (Phi) is 4.11. The zero-order valence-corrected chi connectivity index (χ0v) is 13.3. The topological polar surface area (TPSA) is 158 Å². The molecular weight excluding hydrogens is 350 g/mol. The number of hydrogen-bond donors (Lipinski definition) is 4. The predicted octanol–water partition coefficient (Wildman–Crippen LogP) is 0.341. The van der Waals surface area contributed by atoms with Crippen molar-refractivity contribution in [1.82, 2.24) is 0 Å². The van der Waals surface area contributed by atoms with Crippen LogP contribution in [0.15, 0.2) is 23.1 Å². The molecule has 0 saturated heterocycles. The molecule has 23 heavy (non-hydrogen) atoms. The van der Waals surface area contributed by atoms with Crippen LogP contribution in [0.25, 0.3) is 6.08 Å². The molecule has 1 aromatic rings. The minimum Gasteiger partial charge on any atom is -0.369 e. The molecule has 1 aromatic carbocycles. The van der Waals surface area contributed by atoms with Crippen LogP contribution >= 0.6 is 0 Å². The third kappa shape index (κ3) is 3.14. The quantitative estimate of drug-likeness (QED) is 0.560. The van der Waals surface area contributed by atoms with Crippen LogP contribution in [0.1, 0.15) is 24.5 Å². The summed E-state index contributed by atoms with van der Waals surface area (Å²) >= 11 is 0. The fraction of sp³-hybridized carbons (Fsp3) is 0.250. The monoisotopic (exact) mass is 363 g/mol. The summed E-state index contributed by atoms with van der Waals surface area (Å²) in [6.45, 7) is 1.08. The Balaban J connectivity index is 2.89. The van der Waals surface area contributed by atoms with E-state index in [4.69, 9.17) is 4.55 Å². The van der Waals surface area contributed by atoms with E-state index in [9.17, 15) is 31.3 Å². The SMILES string of the molecule is CC(=O)Nc1cc(S(=O)(=O)O)cc2c1C(O)(S(=O)(=O)O)CC=C2. The zero-order valence-electron chi connectivity index (χ0n) is 11.7. The molecule has 9 nitrogen and oxygen atoms in total. The summed E-state index contributed by atoms with van der Waals surface area (Å²) in [5, 5.41) is 12.6. The van der Waals surface area contributed by atoms with E-state index in [0.717, 1.165) is 19.1 Å². The molecule has 1 atom stereocenters. The van der Waals surface area contributed by atoms with E-state index in [-0.39, 0.29) is 16.8 Å². The molecule has 0 fully saturated rings. The highest BCUT2D eigenvalue weighted by Crippen LogP contribution is 2.43. The average molecular weight is 363 g/mol. The van der Waals surface area contributed by atoms with E-state index in [1.807, 2.05) is 0 Å². The van der Waals surface area contributed by atoms with Gasteiger partial charge in [-0.1, -0.05) is 12.2 Å². The highest BCUT2D eigenvalue weighted by molar-refractivity contribution is 7.86. The minimum absolute atomic E-state index is 0.0877. The summed E-state index contributed by atoms with van der Waals surface area (Å²) in [6, 6.07) is 1.71. The number of rotatable bonds is 3. The minimum atomic E-state index is -5.00. The summed E-state index contributed by atoms with van der Waals surface area (Å²) in [7, 11) is -9.65. The number of aliphatic hydroxyl groups is 1. The highest BCUT2D eigenvalue weighted by Gasteiger charge is 2.46. The van der Waals surface area contributed by atoms with Crippen LogP contribution < -0.4 is 5.32 Å². The van der Waals surface area contributed by atoms with Gasteiger partial charge in [0.25, 0.3) is 20.2 Å². The van der Waals surface area contributed by atoms with Gasteiger partial charge in [-0.05, 0) is 17.7 Å². The Labute approximate surface area is 132 Å². The molecule has 0 spiro atoms. The van der Waals surface area contributed by atoms with Crippen molar-refractivity contribution in [1.29, 1.82) is 0 Å². The third-order valence-electron chi connectivity index (χ3n) is 3.26. The maximum atomic E-state index is 11.6. The smallest absolute Gasteiger partial charge is 0.299 e. The van der Waals surface area contributed by atoms with Crippen molar-refractivity contribution in [2.75, 3.05) is 5.32 Å². The number of hydrogen-bond acceptors (Lipinski definition) is 6. The molecule has 11 heteroatoms. The molecule has 1 amide bonds. The Morgan fingerprint density at radius 2 is 1.83 bits per heavy atom. The van der Waals surface area contributed by atoms with E-state index in [1.54, 1.807) is 0 Å².